The molecule has 8 heteroatoms. The summed E-state index contributed by atoms with van der Waals surface area (Å²) in [5.74, 6) is 0.679. The molecule has 3 aromatic rings. The van der Waals surface area contributed by atoms with Crippen LogP contribution in [0.1, 0.15) is 21.5 Å². The number of thioether (sulfide) groups is 1. The smallest absolute Gasteiger partial charge is 0.251 e. The molecule has 1 aromatic heterocycles. The lowest BCUT2D eigenvalue weighted by Gasteiger charge is -2.07. The zero-order chi connectivity index (χ0) is 20.7. The van der Waals surface area contributed by atoms with Gasteiger partial charge in [0, 0.05) is 35.2 Å². The van der Waals surface area contributed by atoms with E-state index < -0.39 is 10.0 Å². The van der Waals surface area contributed by atoms with Crippen LogP contribution in [0.2, 0.25) is 0 Å². The molecule has 0 radical (unpaired) electrons. The first-order chi connectivity index (χ1) is 13.9. The zero-order valence-corrected chi connectivity index (χ0v) is 17.2. The first kappa shape index (κ1) is 21.0. The maximum atomic E-state index is 12.3. The van der Waals surface area contributed by atoms with Gasteiger partial charge >= 0.3 is 0 Å². The Bertz CT molecular complexity index is 1050. The van der Waals surface area contributed by atoms with Gasteiger partial charge in [0.05, 0.1) is 4.90 Å². The topological polar surface area (TPSA) is 102 Å². The van der Waals surface area contributed by atoms with Gasteiger partial charge in [-0.3, -0.25) is 9.78 Å². The van der Waals surface area contributed by atoms with Crippen LogP contribution < -0.4 is 10.5 Å². The van der Waals surface area contributed by atoms with Gasteiger partial charge in [-0.25, -0.2) is 13.6 Å². The van der Waals surface area contributed by atoms with Gasteiger partial charge in [-0.15, -0.1) is 11.8 Å². The molecule has 0 aliphatic heterocycles. The second-order valence-corrected chi connectivity index (χ2v) is 8.98. The van der Waals surface area contributed by atoms with Gasteiger partial charge in [-0.05, 0) is 60.0 Å². The van der Waals surface area contributed by atoms with Crippen molar-refractivity contribution in [2.24, 2.45) is 5.14 Å². The third-order valence-electron chi connectivity index (χ3n) is 4.20. The zero-order valence-electron chi connectivity index (χ0n) is 15.6. The largest absolute Gasteiger partial charge is 0.352 e. The highest BCUT2D eigenvalue weighted by Crippen LogP contribution is 2.22. The monoisotopic (exact) mass is 427 g/mol. The number of hydrogen-bond acceptors (Lipinski definition) is 5. The second kappa shape index (κ2) is 9.69. The van der Waals surface area contributed by atoms with Crippen LogP contribution in [0.15, 0.2) is 82.8 Å². The maximum Gasteiger partial charge on any atom is 0.251 e. The second-order valence-electron chi connectivity index (χ2n) is 6.37. The Morgan fingerprint density at radius 1 is 1.00 bits per heavy atom. The summed E-state index contributed by atoms with van der Waals surface area (Å²) in [4.78, 5) is 17.5. The Kier molecular flexibility index (Phi) is 7.03. The van der Waals surface area contributed by atoms with Crippen molar-refractivity contribution in [1.29, 1.82) is 0 Å². The lowest BCUT2D eigenvalue weighted by Crippen LogP contribution is -2.25. The summed E-state index contributed by atoms with van der Waals surface area (Å²) in [6.07, 6.45) is 4.19. The van der Waals surface area contributed by atoms with E-state index in [1.54, 1.807) is 30.1 Å². The summed E-state index contributed by atoms with van der Waals surface area (Å²) < 4.78 is 22.5. The number of benzene rings is 2. The fraction of sp³-hybridized carbons (Fsp3) is 0.143. The van der Waals surface area contributed by atoms with Crippen molar-refractivity contribution in [2.75, 3.05) is 6.54 Å². The van der Waals surface area contributed by atoms with Crippen molar-refractivity contribution >= 4 is 27.7 Å². The minimum atomic E-state index is -3.69. The lowest BCUT2D eigenvalue weighted by molar-refractivity contribution is 0.0954. The molecular weight excluding hydrogens is 406 g/mol. The van der Waals surface area contributed by atoms with Gasteiger partial charge < -0.3 is 5.32 Å². The van der Waals surface area contributed by atoms with Gasteiger partial charge in [0.15, 0.2) is 0 Å². The van der Waals surface area contributed by atoms with Crippen LogP contribution in [-0.2, 0) is 22.2 Å². The number of aromatic nitrogens is 1. The Hall–Kier alpha value is -2.68. The van der Waals surface area contributed by atoms with Crippen molar-refractivity contribution in [3.8, 4) is 0 Å². The molecule has 2 aromatic carbocycles. The van der Waals surface area contributed by atoms with Gasteiger partial charge in [0.2, 0.25) is 10.0 Å². The molecule has 29 heavy (non-hydrogen) atoms. The van der Waals surface area contributed by atoms with E-state index in [0.717, 1.165) is 21.8 Å². The average molecular weight is 428 g/mol. The molecule has 1 heterocycles. The summed E-state index contributed by atoms with van der Waals surface area (Å²) in [7, 11) is -3.69. The highest BCUT2D eigenvalue weighted by atomic mass is 32.2. The molecule has 3 N–H and O–H groups in total. The van der Waals surface area contributed by atoms with Crippen molar-refractivity contribution in [3.05, 3.63) is 89.7 Å². The van der Waals surface area contributed by atoms with Crippen LogP contribution in [0.5, 0.6) is 0 Å². The quantitative estimate of drug-likeness (QED) is 0.538. The van der Waals surface area contributed by atoms with Gasteiger partial charge in [0.25, 0.3) is 5.91 Å². The summed E-state index contributed by atoms with van der Waals surface area (Å²) in [5.41, 5.74) is 2.66. The van der Waals surface area contributed by atoms with Crippen molar-refractivity contribution in [3.63, 3.8) is 0 Å². The van der Waals surface area contributed by atoms with E-state index in [0.29, 0.717) is 18.5 Å². The molecule has 0 aliphatic carbocycles. The Morgan fingerprint density at radius 2 is 1.72 bits per heavy atom. The van der Waals surface area contributed by atoms with E-state index in [2.05, 4.69) is 10.3 Å². The molecule has 0 spiro atoms. The number of carbonyl (C=O) groups is 1. The van der Waals surface area contributed by atoms with Crippen LogP contribution in [0.3, 0.4) is 0 Å². The molecule has 1 amide bonds. The lowest BCUT2D eigenvalue weighted by atomic mass is 10.1. The molecule has 3 rings (SSSR count). The number of carbonyl (C=O) groups excluding carboxylic acids is 1. The molecule has 0 unspecified atom stereocenters. The predicted octanol–water partition coefficient (Wildman–Crippen LogP) is 2.99. The van der Waals surface area contributed by atoms with E-state index in [4.69, 9.17) is 5.14 Å². The van der Waals surface area contributed by atoms with Crippen molar-refractivity contribution < 1.29 is 13.2 Å². The van der Waals surface area contributed by atoms with Crippen LogP contribution in [-0.4, -0.2) is 25.9 Å². The van der Waals surface area contributed by atoms with Gasteiger partial charge in [-0.1, -0.05) is 18.2 Å². The number of pyridine rings is 1. The number of sulfonamides is 1. The minimum Gasteiger partial charge on any atom is -0.352 e. The number of rotatable bonds is 8. The number of amides is 1. The number of nitrogens with zero attached hydrogens (tertiary/aromatic N) is 1. The Labute approximate surface area is 174 Å². The van der Waals surface area contributed by atoms with Crippen molar-refractivity contribution in [1.82, 2.24) is 10.3 Å². The van der Waals surface area contributed by atoms with Crippen LogP contribution >= 0.6 is 11.8 Å². The minimum absolute atomic E-state index is 0.0757. The molecule has 0 fully saturated rings. The average Bonchev–Trinajstić information content (AvgIpc) is 2.73. The normalized spacial score (nSPS) is 11.2. The SMILES string of the molecule is NS(=O)(=O)c1ccc(CCNC(=O)c2ccc(SCc3cccnc3)cc2)cc1. The molecule has 0 bridgehead atoms. The Morgan fingerprint density at radius 3 is 2.34 bits per heavy atom. The molecule has 6 nitrogen and oxygen atoms in total. The third-order valence-corrected chi connectivity index (χ3v) is 6.21. The summed E-state index contributed by atoms with van der Waals surface area (Å²) >= 11 is 1.69. The molecule has 0 atom stereocenters. The molecule has 0 saturated heterocycles. The number of hydrogen-bond donors (Lipinski definition) is 2. The third kappa shape index (κ3) is 6.42. The molecular formula is C21H21N3O3S2. The van der Waals surface area contributed by atoms with Gasteiger partial charge in [0.1, 0.15) is 0 Å². The van der Waals surface area contributed by atoms with Crippen LogP contribution in [0.25, 0.3) is 0 Å². The summed E-state index contributed by atoms with van der Waals surface area (Å²) in [5, 5.41) is 7.95. The number of nitrogens with two attached hydrogens (primary N) is 1. The fourth-order valence-corrected chi connectivity index (χ4v) is 3.97. The van der Waals surface area contributed by atoms with E-state index in [9.17, 15) is 13.2 Å². The predicted molar refractivity (Wildman–Crippen MR) is 114 cm³/mol. The first-order valence-corrected chi connectivity index (χ1v) is 11.5. The number of nitrogens with one attached hydrogen (secondary N) is 1. The summed E-state index contributed by atoms with van der Waals surface area (Å²) in [6, 6.07) is 17.7. The van der Waals surface area contributed by atoms with Crippen molar-refractivity contribution in [2.45, 2.75) is 22.0 Å². The molecule has 0 aliphatic rings. The van der Waals surface area contributed by atoms with E-state index in [1.807, 2.05) is 42.6 Å². The fourth-order valence-electron chi connectivity index (χ4n) is 2.62. The first-order valence-electron chi connectivity index (χ1n) is 8.93. The van der Waals surface area contributed by atoms with Crippen LogP contribution in [0.4, 0.5) is 0 Å². The molecule has 150 valence electrons. The standard InChI is InChI=1S/C21H21N3O3S2/c22-29(26,27)20-9-3-16(4-10-20)11-13-24-21(25)18-5-7-19(8-6-18)28-15-17-2-1-12-23-14-17/h1-10,12,14H,11,13,15H2,(H,24,25)(H2,22,26,27). The number of primary sulfonamides is 1. The van der Waals surface area contributed by atoms with E-state index in [1.165, 1.54) is 12.1 Å². The Balaban J connectivity index is 1.47. The highest BCUT2D eigenvalue weighted by Gasteiger charge is 2.08. The highest BCUT2D eigenvalue weighted by molar-refractivity contribution is 7.98. The summed E-state index contributed by atoms with van der Waals surface area (Å²) in [6.45, 7) is 0.449. The van der Waals surface area contributed by atoms with Gasteiger partial charge in [-0.2, -0.15) is 0 Å². The van der Waals surface area contributed by atoms with E-state index in [-0.39, 0.29) is 10.8 Å². The maximum absolute atomic E-state index is 12.3. The van der Waals surface area contributed by atoms with E-state index >= 15 is 0 Å². The van der Waals surface area contributed by atoms with Crippen LogP contribution in [0, 0.1) is 0 Å². The molecule has 0 saturated carbocycles.